The Morgan fingerprint density at radius 3 is 2.40 bits per heavy atom. The maximum absolute atomic E-state index is 12.3. The normalized spacial score (nSPS) is 11.7. The summed E-state index contributed by atoms with van der Waals surface area (Å²) in [6, 6.07) is 15.6. The molecule has 25 heavy (non-hydrogen) atoms. The number of hydrogen-bond acceptors (Lipinski definition) is 3. The van der Waals surface area contributed by atoms with Crippen LogP contribution in [0.1, 0.15) is 29.3 Å². The molecule has 2 rings (SSSR count). The van der Waals surface area contributed by atoms with Gasteiger partial charge in [0.05, 0.1) is 17.3 Å². The fraction of sp³-hybridized carbons (Fsp3) is 0.150. The molecular formula is C20H20N2O3. The first kappa shape index (κ1) is 18.1. The maximum atomic E-state index is 12.3. The fourth-order valence-corrected chi connectivity index (χ4v) is 2.18. The molecule has 0 spiro atoms. The third kappa shape index (κ3) is 5.42. The van der Waals surface area contributed by atoms with Crippen molar-refractivity contribution in [3.05, 3.63) is 71.8 Å². The van der Waals surface area contributed by atoms with Gasteiger partial charge in [-0.1, -0.05) is 49.4 Å². The van der Waals surface area contributed by atoms with E-state index in [1.165, 1.54) is 6.08 Å². The molecule has 2 N–H and O–H groups in total. The summed E-state index contributed by atoms with van der Waals surface area (Å²) in [5.41, 5.74) is 1.60. The van der Waals surface area contributed by atoms with Gasteiger partial charge in [0.1, 0.15) is 6.29 Å². The topological polar surface area (TPSA) is 75.3 Å². The van der Waals surface area contributed by atoms with Gasteiger partial charge in [0.2, 0.25) is 5.91 Å². The summed E-state index contributed by atoms with van der Waals surface area (Å²) in [6.45, 7) is 1.81. The Labute approximate surface area is 146 Å². The Bertz CT molecular complexity index is 770. The van der Waals surface area contributed by atoms with Gasteiger partial charge in [0.25, 0.3) is 5.91 Å². The first-order chi connectivity index (χ1) is 12.1. The largest absolute Gasteiger partial charge is 0.342 e. The first-order valence-corrected chi connectivity index (χ1v) is 8.03. The molecule has 0 aliphatic heterocycles. The van der Waals surface area contributed by atoms with E-state index in [0.29, 0.717) is 24.0 Å². The second-order valence-electron chi connectivity index (χ2n) is 5.40. The Balaban J connectivity index is 2.09. The van der Waals surface area contributed by atoms with Crippen LogP contribution in [0.4, 0.5) is 5.69 Å². The Kier molecular flexibility index (Phi) is 6.65. The smallest absolute Gasteiger partial charge is 0.253 e. The van der Waals surface area contributed by atoms with Gasteiger partial charge in [-0.3, -0.25) is 9.59 Å². The molecule has 0 aliphatic carbocycles. The van der Waals surface area contributed by atoms with Crippen molar-refractivity contribution in [1.29, 1.82) is 0 Å². The van der Waals surface area contributed by atoms with Crippen LogP contribution in [0.15, 0.2) is 60.7 Å². The highest BCUT2D eigenvalue weighted by molar-refractivity contribution is 6.08. The predicted molar refractivity (Wildman–Crippen MR) is 98.2 cm³/mol. The van der Waals surface area contributed by atoms with Gasteiger partial charge in [0.15, 0.2) is 0 Å². The Morgan fingerprint density at radius 2 is 1.72 bits per heavy atom. The van der Waals surface area contributed by atoms with Crippen molar-refractivity contribution in [3.8, 4) is 0 Å². The average Bonchev–Trinajstić information content (AvgIpc) is 2.65. The lowest BCUT2D eigenvalue weighted by Gasteiger charge is -2.13. The van der Waals surface area contributed by atoms with E-state index in [0.717, 1.165) is 5.56 Å². The molecule has 0 aromatic heterocycles. The van der Waals surface area contributed by atoms with Crippen molar-refractivity contribution in [3.63, 3.8) is 0 Å². The zero-order valence-electron chi connectivity index (χ0n) is 13.9. The zero-order valence-corrected chi connectivity index (χ0v) is 13.9. The number of carbonyl (C=O) groups excluding carboxylic acids is 3. The highest BCUT2D eigenvalue weighted by atomic mass is 16.2. The molecule has 5 heteroatoms. The van der Waals surface area contributed by atoms with Gasteiger partial charge in [-0.25, -0.2) is 0 Å². The molecule has 0 bridgehead atoms. The summed E-state index contributed by atoms with van der Waals surface area (Å²) in [5, 5.41) is 5.32. The summed E-state index contributed by atoms with van der Waals surface area (Å²) in [4.78, 5) is 35.3. The van der Waals surface area contributed by atoms with Gasteiger partial charge in [0, 0.05) is 6.08 Å². The molecule has 0 heterocycles. The Hall–Kier alpha value is -3.21. The van der Waals surface area contributed by atoms with E-state index in [-0.39, 0.29) is 5.91 Å². The molecule has 0 saturated heterocycles. The summed E-state index contributed by atoms with van der Waals surface area (Å²) in [6.07, 6.45) is 4.30. The third-order valence-electron chi connectivity index (χ3n) is 3.58. The summed E-state index contributed by atoms with van der Waals surface area (Å²) in [5.74, 6) is -0.742. The van der Waals surface area contributed by atoms with Crippen molar-refractivity contribution >= 4 is 29.9 Å². The number of anilines is 1. The number of benzene rings is 2. The second-order valence-corrected chi connectivity index (χ2v) is 5.40. The minimum absolute atomic E-state index is 0.310. The van der Waals surface area contributed by atoms with Crippen LogP contribution >= 0.6 is 0 Å². The van der Waals surface area contributed by atoms with E-state index in [1.807, 2.05) is 30.3 Å². The monoisotopic (exact) mass is 336 g/mol. The van der Waals surface area contributed by atoms with E-state index in [1.54, 1.807) is 37.3 Å². The van der Waals surface area contributed by atoms with Crippen LogP contribution in [0.3, 0.4) is 0 Å². The molecule has 0 radical (unpaired) electrons. The van der Waals surface area contributed by atoms with Crippen LogP contribution in [0, 0.1) is 0 Å². The minimum atomic E-state index is -0.547. The molecule has 1 unspecified atom stereocenters. The van der Waals surface area contributed by atoms with Gasteiger partial charge < -0.3 is 15.4 Å². The number of carbonyl (C=O) groups is 3. The molecule has 128 valence electrons. The van der Waals surface area contributed by atoms with Crippen LogP contribution < -0.4 is 10.6 Å². The highest BCUT2D eigenvalue weighted by Gasteiger charge is 2.15. The van der Waals surface area contributed by atoms with Crippen molar-refractivity contribution in [1.82, 2.24) is 5.32 Å². The minimum Gasteiger partial charge on any atom is -0.342 e. The standard InChI is InChI=1S/C20H20N2O3/c1-2-16(14-23)21-20(25)17-10-6-7-11-18(17)22-19(24)13-12-15-8-4-3-5-9-15/h3-14,16H,2H2,1H3,(H,21,25)(H,22,24)/b13-12+. The average molecular weight is 336 g/mol. The van der Waals surface area contributed by atoms with E-state index in [4.69, 9.17) is 0 Å². The molecule has 0 aliphatic rings. The number of amides is 2. The fourth-order valence-electron chi connectivity index (χ4n) is 2.18. The van der Waals surface area contributed by atoms with Crippen molar-refractivity contribution in [2.24, 2.45) is 0 Å². The summed E-state index contributed by atoms with van der Waals surface area (Å²) >= 11 is 0. The Morgan fingerprint density at radius 1 is 1.04 bits per heavy atom. The number of rotatable bonds is 7. The van der Waals surface area contributed by atoms with E-state index >= 15 is 0 Å². The van der Waals surface area contributed by atoms with E-state index < -0.39 is 11.9 Å². The zero-order chi connectivity index (χ0) is 18.1. The van der Waals surface area contributed by atoms with Gasteiger partial charge >= 0.3 is 0 Å². The van der Waals surface area contributed by atoms with Crippen molar-refractivity contribution in [2.45, 2.75) is 19.4 Å². The lowest BCUT2D eigenvalue weighted by molar-refractivity contribution is -0.112. The lowest BCUT2D eigenvalue weighted by Crippen LogP contribution is -2.35. The number of nitrogens with one attached hydrogen (secondary N) is 2. The molecule has 2 amide bonds. The molecule has 2 aromatic carbocycles. The number of aldehydes is 1. The molecule has 1 atom stereocenters. The van der Waals surface area contributed by atoms with Crippen LogP contribution in [-0.2, 0) is 9.59 Å². The summed E-state index contributed by atoms with van der Waals surface area (Å²) < 4.78 is 0. The molecule has 0 fully saturated rings. The van der Waals surface area contributed by atoms with E-state index in [2.05, 4.69) is 10.6 Å². The van der Waals surface area contributed by atoms with Crippen LogP contribution in [0.2, 0.25) is 0 Å². The molecule has 5 nitrogen and oxygen atoms in total. The quantitative estimate of drug-likeness (QED) is 0.603. The molecule has 2 aromatic rings. The van der Waals surface area contributed by atoms with E-state index in [9.17, 15) is 14.4 Å². The number of hydrogen-bond donors (Lipinski definition) is 2. The SMILES string of the molecule is CCC(C=O)NC(=O)c1ccccc1NC(=O)/C=C/c1ccccc1. The van der Waals surface area contributed by atoms with Crippen LogP contribution in [0.25, 0.3) is 6.08 Å². The highest BCUT2D eigenvalue weighted by Crippen LogP contribution is 2.15. The first-order valence-electron chi connectivity index (χ1n) is 8.03. The van der Waals surface area contributed by atoms with Crippen LogP contribution in [-0.4, -0.2) is 24.1 Å². The van der Waals surface area contributed by atoms with Gasteiger partial charge in [-0.15, -0.1) is 0 Å². The van der Waals surface area contributed by atoms with Gasteiger partial charge in [-0.2, -0.15) is 0 Å². The van der Waals surface area contributed by atoms with Crippen molar-refractivity contribution in [2.75, 3.05) is 5.32 Å². The summed E-state index contributed by atoms with van der Waals surface area (Å²) in [7, 11) is 0. The lowest BCUT2D eigenvalue weighted by atomic mass is 10.1. The van der Waals surface area contributed by atoms with Crippen LogP contribution in [0.5, 0.6) is 0 Å². The second kappa shape index (κ2) is 9.17. The maximum Gasteiger partial charge on any atom is 0.253 e. The third-order valence-corrected chi connectivity index (χ3v) is 3.58. The molecule has 0 saturated carbocycles. The molecular weight excluding hydrogens is 316 g/mol. The predicted octanol–water partition coefficient (Wildman–Crippen LogP) is 3.05. The van der Waals surface area contributed by atoms with Crippen molar-refractivity contribution < 1.29 is 14.4 Å². The van der Waals surface area contributed by atoms with Gasteiger partial charge in [-0.05, 0) is 30.2 Å². The number of para-hydroxylation sites is 1.